The van der Waals surface area contributed by atoms with E-state index in [1.165, 1.54) is 5.39 Å². The summed E-state index contributed by atoms with van der Waals surface area (Å²) in [5.41, 5.74) is 2.86. The fourth-order valence-electron chi connectivity index (χ4n) is 2.93. The lowest BCUT2D eigenvalue weighted by molar-refractivity contribution is 1.31. The maximum absolute atomic E-state index is 4.85. The molecule has 0 aliphatic carbocycles. The predicted molar refractivity (Wildman–Crippen MR) is 95.7 cm³/mol. The van der Waals surface area contributed by atoms with Crippen molar-refractivity contribution >= 4 is 42.5 Å². The summed E-state index contributed by atoms with van der Waals surface area (Å²) in [6.45, 7) is 0. The second-order valence-electron chi connectivity index (χ2n) is 5.38. The third-order valence-electron chi connectivity index (χ3n) is 4.01. The molecule has 0 spiro atoms. The number of rotatable bonds is 1. The van der Waals surface area contributed by atoms with Crippen LogP contribution in [0.2, 0.25) is 0 Å². The van der Waals surface area contributed by atoms with Gasteiger partial charge in [-0.2, -0.15) is 0 Å². The van der Waals surface area contributed by atoms with Gasteiger partial charge >= 0.3 is 0 Å². The molecule has 0 unspecified atom stereocenters. The molecule has 0 amide bonds. The first-order valence-corrected chi connectivity index (χ1v) is 8.20. The molecule has 0 N–H and O–H groups in total. The van der Waals surface area contributed by atoms with Gasteiger partial charge in [0.15, 0.2) is 0 Å². The number of benzene rings is 1. The second kappa shape index (κ2) is 4.83. The predicted octanol–water partition coefficient (Wildman–Crippen LogP) is 5.06. The Hall–Kier alpha value is -2.85. The van der Waals surface area contributed by atoms with Crippen LogP contribution in [0.15, 0.2) is 67.0 Å². The molecular weight excluding hydrogens is 302 g/mol. The Balaban J connectivity index is 1.81. The molecule has 108 valence electrons. The molecule has 0 atom stereocenters. The van der Waals surface area contributed by atoms with Crippen LogP contribution in [0.3, 0.4) is 0 Å². The van der Waals surface area contributed by atoms with E-state index in [0.717, 1.165) is 37.2 Å². The molecule has 5 rings (SSSR count). The van der Waals surface area contributed by atoms with Crippen molar-refractivity contribution in [3.05, 3.63) is 67.0 Å². The fraction of sp³-hybridized carbons (Fsp3) is 0. The number of hydrogen-bond acceptors (Lipinski definition) is 4. The maximum Gasteiger partial charge on any atom is 0.126 e. The molecule has 0 bridgehead atoms. The van der Waals surface area contributed by atoms with E-state index in [1.54, 1.807) is 11.3 Å². The minimum Gasteiger partial charge on any atom is -0.255 e. The molecular formula is C19H11N3S. The molecule has 1 aromatic carbocycles. The van der Waals surface area contributed by atoms with Crippen LogP contribution in [-0.2, 0) is 0 Å². The summed E-state index contributed by atoms with van der Waals surface area (Å²) in [7, 11) is 0. The number of pyridine rings is 3. The monoisotopic (exact) mass is 313 g/mol. The average Bonchev–Trinajstić information content (AvgIpc) is 2.99. The van der Waals surface area contributed by atoms with Crippen LogP contribution in [0.4, 0.5) is 0 Å². The molecule has 0 saturated heterocycles. The zero-order chi connectivity index (χ0) is 15.2. The van der Waals surface area contributed by atoms with Crippen molar-refractivity contribution in [3.8, 4) is 11.4 Å². The van der Waals surface area contributed by atoms with Gasteiger partial charge in [-0.05, 0) is 35.7 Å². The quantitative estimate of drug-likeness (QED) is 0.434. The topological polar surface area (TPSA) is 38.7 Å². The Morgan fingerprint density at radius 3 is 2.70 bits per heavy atom. The van der Waals surface area contributed by atoms with E-state index < -0.39 is 0 Å². The molecule has 3 nitrogen and oxygen atoms in total. The summed E-state index contributed by atoms with van der Waals surface area (Å²) >= 11 is 1.67. The fourth-order valence-corrected chi connectivity index (χ4v) is 3.97. The molecule has 23 heavy (non-hydrogen) atoms. The molecule has 4 aromatic heterocycles. The third-order valence-corrected chi connectivity index (χ3v) is 5.06. The van der Waals surface area contributed by atoms with E-state index in [-0.39, 0.29) is 0 Å². The number of aromatic nitrogens is 3. The highest BCUT2D eigenvalue weighted by molar-refractivity contribution is 7.25. The number of hydrogen-bond donors (Lipinski definition) is 0. The molecule has 0 aliphatic heterocycles. The molecule has 4 heteroatoms. The molecule has 5 aromatic rings. The maximum atomic E-state index is 4.85. The molecule has 0 fully saturated rings. The highest BCUT2D eigenvalue weighted by Crippen LogP contribution is 2.33. The van der Waals surface area contributed by atoms with Gasteiger partial charge in [0.25, 0.3) is 0 Å². The van der Waals surface area contributed by atoms with Crippen LogP contribution in [0.5, 0.6) is 0 Å². The summed E-state index contributed by atoms with van der Waals surface area (Å²) in [5.74, 6) is 0. The van der Waals surface area contributed by atoms with Crippen molar-refractivity contribution in [1.29, 1.82) is 0 Å². The van der Waals surface area contributed by atoms with Gasteiger partial charge in [0.1, 0.15) is 4.83 Å². The van der Waals surface area contributed by atoms with Crippen LogP contribution in [0, 0.1) is 0 Å². The highest BCUT2D eigenvalue weighted by atomic mass is 32.1. The standard InChI is InChI=1S/C19H11N3S/c1-2-5-13-12(4-1)9-11-21-17(13)15-8-7-14-18-16(6-3-10-20-18)23-19(14)22-15/h1-11H. The molecule has 0 aliphatic rings. The minimum absolute atomic E-state index is 0.904. The first-order valence-electron chi connectivity index (χ1n) is 7.38. The Labute approximate surface area is 136 Å². The molecule has 0 radical (unpaired) electrons. The average molecular weight is 313 g/mol. The number of nitrogens with zero attached hydrogens (tertiary/aromatic N) is 3. The smallest absolute Gasteiger partial charge is 0.126 e. The Morgan fingerprint density at radius 2 is 1.70 bits per heavy atom. The number of fused-ring (bicyclic) bond motifs is 4. The van der Waals surface area contributed by atoms with Crippen molar-refractivity contribution in [3.63, 3.8) is 0 Å². The SMILES string of the molecule is c1ccc2c(-c3ccc4c(n3)sc3cccnc34)nccc2c1. The van der Waals surface area contributed by atoms with E-state index >= 15 is 0 Å². The largest absolute Gasteiger partial charge is 0.255 e. The van der Waals surface area contributed by atoms with Gasteiger partial charge in [0, 0.05) is 23.2 Å². The Bertz CT molecular complexity index is 1170. The lowest BCUT2D eigenvalue weighted by Gasteiger charge is -2.05. The van der Waals surface area contributed by atoms with Crippen LogP contribution in [-0.4, -0.2) is 15.0 Å². The number of thiophene rings is 1. The second-order valence-corrected chi connectivity index (χ2v) is 6.41. The third kappa shape index (κ3) is 1.92. The van der Waals surface area contributed by atoms with Crippen LogP contribution in [0.1, 0.15) is 0 Å². The van der Waals surface area contributed by atoms with Gasteiger partial charge in [0.05, 0.1) is 21.6 Å². The van der Waals surface area contributed by atoms with Gasteiger partial charge < -0.3 is 0 Å². The lowest BCUT2D eigenvalue weighted by Crippen LogP contribution is -1.88. The highest BCUT2D eigenvalue weighted by Gasteiger charge is 2.11. The van der Waals surface area contributed by atoms with Gasteiger partial charge in [-0.1, -0.05) is 24.3 Å². The zero-order valence-electron chi connectivity index (χ0n) is 12.1. The first kappa shape index (κ1) is 12.7. The zero-order valence-corrected chi connectivity index (χ0v) is 12.9. The Kier molecular flexibility index (Phi) is 2.66. The van der Waals surface area contributed by atoms with Gasteiger partial charge in [-0.15, -0.1) is 11.3 Å². The van der Waals surface area contributed by atoms with Gasteiger partial charge in [0.2, 0.25) is 0 Å². The van der Waals surface area contributed by atoms with E-state index in [4.69, 9.17) is 4.98 Å². The van der Waals surface area contributed by atoms with E-state index in [2.05, 4.69) is 34.2 Å². The summed E-state index contributed by atoms with van der Waals surface area (Å²) < 4.78 is 1.16. The molecule has 0 saturated carbocycles. The summed E-state index contributed by atoms with van der Waals surface area (Å²) in [6.07, 6.45) is 3.67. The lowest BCUT2D eigenvalue weighted by atomic mass is 10.1. The van der Waals surface area contributed by atoms with Crippen molar-refractivity contribution in [2.45, 2.75) is 0 Å². The van der Waals surface area contributed by atoms with Crippen LogP contribution < -0.4 is 0 Å². The van der Waals surface area contributed by atoms with Crippen LogP contribution in [0.25, 0.3) is 42.6 Å². The summed E-state index contributed by atoms with van der Waals surface area (Å²) in [4.78, 5) is 14.9. The molecule has 4 heterocycles. The van der Waals surface area contributed by atoms with E-state index in [1.807, 2.05) is 42.7 Å². The minimum atomic E-state index is 0.904. The summed E-state index contributed by atoms with van der Waals surface area (Å²) in [6, 6.07) is 18.5. The van der Waals surface area contributed by atoms with Gasteiger partial charge in [-0.3, -0.25) is 9.97 Å². The van der Waals surface area contributed by atoms with Crippen LogP contribution >= 0.6 is 11.3 Å². The summed E-state index contributed by atoms with van der Waals surface area (Å²) in [5, 5.41) is 3.41. The first-order chi connectivity index (χ1) is 11.4. The van der Waals surface area contributed by atoms with Crippen molar-refractivity contribution in [2.24, 2.45) is 0 Å². The van der Waals surface area contributed by atoms with Gasteiger partial charge in [-0.25, -0.2) is 4.98 Å². The Morgan fingerprint density at radius 1 is 0.739 bits per heavy atom. The van der Waals surface area contributed by atoms with E-state index in [9.17, 15) is 0 Å². The van der Waals surface area contributed by atoms with Crippen molar-refractivity contribution < 1.29 is 0 Å². The van der Waals surface area contributed by atoms with Crippen molar-refractivity contribution in [2.75, 3.05) is 0 Å². The van der Waals surface area contributed by atoms with Crippen molar-refractivity contribution in [1.82, 2.24) is 15.0 Å². The van der Waals surface area contributed by atoms with E-state index in [0.29, 0.717) is 0 Å². The normalized spacial score (nSPS) is 11.5.